The molecule has 1 saturated heterocycles. The van der Waals surface area contributed by atoms with E-state index in [9.17, 15) is 78.9 Å². The number of H-pyrrole nitrogens is 1. The molecule has 33 nitrogen and oxygen atoms in total. The van der Waals surface area contributed by atoms with Gasteiger partial charge < -0.3 is 50.4 Å². The molecule has 3 aliphatic carbocycles. The van der Waals surface area contributed by atoms with Crippen molar-refractivity contribution in [1.82, 2.24) is 79.4 Å². The number of carbonyl (C=O) groups excluding carboxylic acids is 4. The summed E-state index contributed by atoms with van der Waals surface area (Å²) in [6.07, 6.45) is 30.8. The number of ether oxygens (including phenoxy) is 4. The summed E-state index contributed by atoms with van der Waals surface area (Å²) in [7, 11) is 2.06. The maximum Gasteiger partial charge on any atom is 1.00 e. The molecule has 4 atom stereocenters. The first-order valence-electron chi connectivity index (χ1n) is 45.9. The Balaban J connectivity index is 0.000000216. The Hall–Kier alpha value is -12.8. The average molecular weight is 2010 g/mol. The van der Waals surface area contributed by atoms with Crippen LogP contribution in [0.2, 0.25) is 0 Å². The van der Waals surface area contributed by atoms with Crippen LogP contribution < -0.4 is 34.9 Å². The molecule has 16 rings (SSSR count). The van der Waals surface area contributed by atoms with Crippen molar-refractivity contribution in [2.75, 3.05) is 20.8 Å². The number of allylic oxidation sites excluding steroid dienone is 3. The van der Waals surface area contributed by atoms with Crippen LogP contribution in [0, 0.1) is 62.4 Å². The van der Waals surface area contributed by atoms with Crippen molar-refractivity contribution in [2.45, 2.75) is 234 Å². The molecule has 143 heavy (non-hydrogen) atoms. The number of esters is 3. The molecule has 0 amide bonds. The number of rotatable bonds is 24. The van der Waals surface area contributed by atoms with Crippen LogP contribution in [0.4, 0.5) is 45.2 Å². The molecule has 3 saturated carbocycles. The van der Waals surface area contributed by atoms with Crippen molar-refractivity contribution in [3.63, 3.8) is 0 Å². The number of nitrogens with zero attached hydrogens (tertiary/aromatic N) is 16. The fourth-order valence-corrected chi connectivity index (χ4v) is 17.0. The predicted octanol–water partition coefficient (Wildman–Crippen LogP) is 19.0. The first-order chi connectivity index (χ1) is 67.4. The molecule has 12 aromatic rings. The quantitative estimate of drug-likeness (QED) is 0.00548. The smallest absolute Gasteiger partial charge is 0.553 e. The van der Waals surface area contributed by atoms with Gasteiger partial charge in [0.05, 0.1) is 105 Å². The Kier molecular flexibility index (Phi) is 42.0. The number of methoxy groups -OCH3 is 1. The Morgan fingerprint density at radius 3 is 1.33 bits per heavy atom. The number of aromatic amines is 1. The molecule has 762 valence electrons. The molecule has 4 fully saturated rings. The van der Waals surface area contributed by atoms with E-state index in [1.54, 1.807) is 44.7 Å². The minimum atomic E-state index is -5.12. The zero-order valence-corrected chi connectivity index (χ0v) is 83.9. The number of aromatic carboxylic acids is 1. The summed E-state index contributed by atoms with van der Waals surface area (Å²) in [5.74, 6) is 4.72. The van der Waals surface area contributed by atoms with Gasteiger partial charge in [-0.3, -0.25) is 52.7 Å². The summed E-state index contributed by atoms with van der Waals surface area (Å²) >= 11 is 0. The number of aromatic nitrogens is 15. The van der Waals surface area contributed by atoms with E-state index in [4.69, 9.17) is 40.3 Å². The number of nitro benzene ring substituents is 1. The number of alkyl halides is 9. The molecular weight excluding hydrogens is 1890 g/mol. The van der Waals surface area contributed by atoms with Gasteiger partial charge in [0, 0.05) is 126 Å². The van der Waals surface area contributed by atoms with E-state index < -0.39 is 79.6 Å². The van der Waals surface area contributed by atoms with Gasteiger partial charge in [-0.1, -0.05) is 75.0 Å². The number of hydrogen-bond donors (Lipinski definition) is 5. The molecular formula is C100H119F9N19NaO14. The van der Waals surface area contributed by atoms with E-state index in [1.165, 1.54) is 76.5 Å². The number of non-ortho nitro benzene ring substituents is 1. The molecule has 1 aliphatic heterocycles. The number of aryl methyl sites for hydroxylation is 1. The Labute approximate surface area is 842 Å². The van der Waals surface area contributed by atoms with Crippen molar-refractivity contribution in [1.29, 1.82) is 5.26 Å². The van der Waals surface area contributed by atoms with Crippen LogP contribution in [0.15, 0.2) is 178 Å². The third-order valence-electron chi connectivity index (χ3n) is 24.3. The van der Waals surface area contributed by atoms with Gasteiger partial charge in [-0.05, 0) is 217 Å². The number of nitriles is 1. The maximum atomic E-state index is 13.5. The number of hydrogen-bond acceptors (Lipinski definition) is 24. The number of carbonyl (C=O) groups is 5. The van der Waals surface area contributed by atoms with Crippen molar-refractivity contribution in [3.05, 3.63) is 233 Å². The molecule has 6 N–H and O–H groups in total. The fourth-order valence-electron chi connectivity index (χ4n) is 17.0. The summed E-state index contributed by atoms with van der Waals surface area (Å²) in [6, 6.07) is 16.0. The van der Waals surface area contributed by atoms with Gasteiger partial charge in [-0.25, -0.2) is 4.79 Å². The number of nitro groups is 1. The number of halogens is 9. The zero-order chi connectivity index (χ0) is 104. The average Bonchev–Trinajstić information content (AvgIpc) is 1.57. The first kappa shape index (κ1) is 115. The van der Waals surface area contributed by atoms with Gasteiger partial charge >= 0.3 is 72.0 Å². The van der Waals surface area contributed by atoms with Crippen LogP contribution in [0.25, 0.3) is 72.4 Å². The second kappa shape index (κ2) is 52.0. The largest absolute Gasteiger partial charge is 1.00 e. The van der Waals surface area contributed by atoms with Crippen molar-refractivity contribution < 1.29 is 132 Å². The zero-order valence-electron chi connectivity index (χ0n) is 81.9. The van der Waals surface area contributed by atoms with Crippen LogP contribution in [0.5, 0.6) is 0 Å². The number of fused-ring (bicyclic) bond motifs is 3. The van der Waals surface area contributed by atoms with Crippen LogP contribution in [-0.4, -0.2) is 151 Å². The van der Waals surface area contributed by atoms with Crippen LogP contribution >= 0.6 is 0 Å². The Morgan fingerprint density at radius 2 is 0.965 bits per heavy atom. The standard InChI is InChI=1S/C23H28N6O2.C23H29N5O3.C22H20F9NO.C15H17N5O2.C9H14.C7H5NO4.CH4O.H2NO.Na/c1-23(2,3)22(30)31-15-28-11-9-18-19(13-25-27-21(18)28)17-12-26-29(14-17)20(8-10-24)16-6-4-5-7-16;1-23(2,3)22(30)31-15-27-10-8-18-19(13-24-26-21(18)27)17-12-25-28(14-17)20(9-11-29)16-6-4-5-7-16;1-12-6-13(8-15(7-12)20(23,24)25)19(33-2,18-4-3-5-32-18)14-9-16(21(26,27)28)11-17(10-14)22(29,30)31;1-15(2,3)14(21)22-9-20-5-4-11-12(8-18-19-13(11)20)10-6-16-17-7-10;1-2-3-6-9-7-4-5-8-9;9-7(10)5-1-3-6(4-2-5)8(11)12;2*1-2;/h9,11-14,16,20H,4-8,15H2,1-3H3;8,10-14,16,20H,4-7,9,15H2,1-3H3;6-11,18,32H,3-5H2,1-2H3;4-8H,9H2,1-3H3,(H,16,17);2-3,6,9H,1,4-5,7-8H2;1-4H,(H,9,10);2H,1H3;1-2H;/q;;;;;;;-1;+1/b;;;;6-3+;;;;/t2*20-;18-,19?;;;;;;/m000....../s1. The van der Waals surface area contributed by atoms with Gasteiger partial charge in [0.25, 0.3) is 5.69 Å². The summed E-state index contributed by atoms with van der Waals surface area (Å²) < 4.78 is 153. The third-order valence-corrected chi connectivity index (χ3v) is 24.3. The molecule has 0 radical (unpaired) electrons. The van der Waals surface area contributed by atoms with Crippen molar-refractivity contribution >= 4 is 69.0 Å². The summed E-state index contributed by atoms with van der Waals surface area (Å²) in [5, 5.41) is 87.8. The first-order valence-corrected chi connectivity index (χ1v) is 45.9. The van der Waals surface area contributed by atoms with Crippen LogP contribution in [0.3, 0.4) is 0 Å². The minimum absolute atomic E-state index is 0. The van der Waals surface area contributed by atoms with E-state index in [1.807, 2.05) is 139 Å². The molecule has 43 heteroatoms. The molecule has 3 aromatic carbocycles. The summed E-state index contributed by atoms with van der Waals surface area (Å²) in [4.78, 5) is 67.2. The third kappa shape index (κ3) is 30.7. The van der Waals surface area contributed by atoms with Gasteiger partial charge in [-0.15, -0.1) is 15.3 Å². The second-order valence-electron chi connectivity index (χ2n) is 37.4. The second-order valence-corrected chi connectivity index (χ2v) is 37.4. The SMILES string of the molecule is C=C/C=C/C1CCCC1.CC(C)(C)C(=O)OCn1ccc2c(-c3cn[nH]c3)cnnc21.CC(C)(C)C(=O)OCn1ccc2c(-c3cnn([C@@H](CC#N)C4CCCC4)c3)cnnc21.CC(C)(C)C(=O)OCn1ccc2c(-c3cnn([C@@H](CC=O)C4CCCC4)c3)cnnc21.CO.COC(c1cc(C)cc(C(F)(F)F)c1)(c1cc(C(F)(F)F)cc(C(F)(F)F)c1)[C@@H]1CCCN1.O=C(O)c1ccc([N+](=O)[O-])cc1.[NH-]O.[Na+]. The molecule has 0 bridgehead atoms. The number of aliphatic hydroxyl groups excluding tert-OH is 1. The Morgan fingerprint density at radius 1 is 0.573 bits per heavy atom. The number of nitrogens with one attached hydrogen (secondary N) is 3. The van der Waals surface area contributed by atoms with Crippen LogP contribution in [0.1, 0.15) is 221 Å². The number of carboxylic acid groups (broad SMARTS) is 1. The van der Waals surface area contributed by atoms with Crippen LogP contribution in [-0.2, 0) is 82.4 Å². The molecule has 10 heterocycles. The summed E-state index contributed by atoms with van der Waals surface area (Å²) in [5.41, 5.74) is -1.08. The predicted molar refractivity (Wildman–Crippen MR) is 509 cm³/mol. The molecule has 0 spiro atoms. The van der Waals surface area contributed by atoms with Gasteiger partial charge in [0.15, 0.2) is 37.1 Å². The van der Waals surface area contributed by atoms with E-state index in [2.05, 4.69) is 81.1 Å². The molecule has 9 aromatic heterocycles. The fraction of sp³-hybridized carbons (Fsp3) is 0.450. The number of aliphatic hydroxyl groups is 1. The normalized spacial score (nSPS) is 15.4. The van der Waals surface area contributed by atoms with Gasteiger partial charge in [0.2, 0.25) is 0 Å². The van der Waals surface area contributed by atoms with Gasteiger partial charge in [-0.2, -0.15) is 75.4 Å². The van der Waals surface area contributed by atoms with Crippen molar-refractivity contribution in [2.24, 2.45) is 34.0 Å². The van der Waals surface area contributed by atoms with Gasteiger partial charge in [0.1, 0.15) is 11.9 Å². The number of benzene rings is 3. The number of aldehydes is 1. The molecule has 4 aliphatic rings. The van der Waals surface area contributed by atoms with E-state index >= 15 is 0 Å². The van der Waals surface area contributed by atoms with E-state index in [0.717, 1.165) is 120 Å². The molecule has 1 unspecified atom stereocenters. The van der Waals surface area contributed by atoms with E-state index in [-0.39, 0.29) is 115 Å². The van der Waals surface area contributed by atoms with E-state index in [0.29, 0.717) is 72.8 Å². The van der Waals surface area contributed by atoms with Crippen molar-refractivity contribution in [3.8, 4) is 39.4 Å². The number of carboxylic acids is 1. The summed E-state index contributed by atoms with van der Waals surface area (Å²) in [6.45, 7) is 22.0. The topological polar surface area (TPSA) is 442 Å². The maximum absolute atomic E-state index is 13.5. The monoisotopic (exact) mass is 2000 g/mol. The Bertz CT molecular complexity index is 6200. The minimum Gasteiger partial charge on any atom is -0.553 e.